The van der Waals surface area contributed by atoms with E-state index in [0.717, 1.165) is 51.9 Å². The Balaban J connectivity index is 1.30. The summed E-state index contributed by atoms with van der Waals surface area (Å²) < 4.78 is 17.8. The van der Waals surface area contributed by atoms with Gasteiger partial charge in [0.25, 0.3) is 0 Å². The summed E-state index contributed by atoms with van der Waals surface area (Å²) in [4.78, 5) is 2.75. The molecule has 0 aromatic rings. The number of ether oxygens (including phenoxy) is 3. The van der Waals surface area contributed by atoms with E-state index in [1.54, 1.807) is 0 Å². The topological polar surface area (TPSA) is 30.9 Å². The molecule has 2 aliphatic heterocycles. The fraction of sp³-hybridized carbons (Fsp3) is 1.00. The Labute approximate surface area is 128 Å². The van der Waals surface area contributed by atoms with Crippen molar-refractivity contribution in [1.82, 2.24) is 4.90 Å². The van der Waals surface area contributed by atoms with Crippen LogP contribution in [0.4, 0.5) is 0 Å². The third-order valence-corrected chi connectivity index (χ3v) is 6.01. The zero-order valence-corrected chi connectivity index (χ0v) is 13.0. The molecule has 0 bridgehead atoms. The van der Waals surface area contributed by atoms with E-state index in [1.165, 1.54) is 32.1 Å². The summed E-state index contributed by atoms with van der Waals surface area (Å²) in [7, 11) is 0. The van der Waals surface area contributed by atoms with Crippen LogP contribution >= 0.6 is 0 Å². The summed E-state index contributed by atoms with van der Waals surface area (Å²) in [5, 5.41) is 0. The maximum atomic E-state index is 6.28. The molecule has 0 aromatic heterocycles. The molecule has 0 N–H and O–H groups in total. The minimum atomic E-state index is 0.333. The van der Waals surface area contributed by atoms with Crippen LogP contribution in [0.25, 0.3) is 0 Å². The minimum Gasteiger partial charge on any atom is -0.381 e. The molecule has 4 rings (SSSR count). The van der Waals surface area contributed by atoms with E-state index in [-0.39, 0.29) is 0 Å². The molecule has 2 saturated carbocycles. The summed E-state index contributed by atoms with van der Waals surface area (Å²) in [5.74, 6) is 0.698. The van der Waals surface area contributed by atoms with Crippen LogP contribution in [-0.4, -0.2) is 62.2 Å². The lowest BCUT2D eigenvalue weighted by molar-refractivity contribution is -0.134. The lowest BCUT2D eigenvalue weighted by atomic mass is 9.89. The van der Waals surface area contributed by atoms with Crippen LogP contribution < -0.4 is 0 Å². The van der Waals surface area contributed by atoms with Crippen LogP contribution in [-0.2, 0) is 14.2 Å². The van der Waals surface area contributed by atoms with E-state index in [1.807, 2.05) is 0 Å². The smallest absolute Gasteiger partial charge is 0.0992 e. The molecule has 4 heteroatoms. The van der Waals surface area contributed by atoms with Crippen molar-refractivity contribution in [3.63, 3.8) is 0 Å². The number of morpholine rings is 1. The maximum absolute atomic E-state index is 6.28. The Hall–Kier alpha value is -0.160. The van der Waals surface area contributed by atoms with Crippen molar-refractivity contribution in [2.75, 3.05) is 33.0 Å². The van der Waals surface area contributed by atoms with Crippen LogP contribution in [0.2, 0.25) is 0 Å². The molecule has 0 unspecified atom stereocenters. The fourth-order valence-electron chi connectivity index (χ4n) is 4.47. The Morgan fingerprint density at radius 1 is 0.952 bits per heavy atom. The molecular formula is C17H29NO3. The molecule has 4 aliphatic rings. The molecule has 21 heavy (non-hydrogen) atoms. The van der Waals surface area contributed by atoms with Crippen molar-refractivity contribution in [2.24, 2.45) is 5.92 Å². The van der Waals surface area contributed by atoms with Gasteiger partial charge in [-0.2, -0.15) is 0 Å². The van der Waals surface area contributed by atoms with Crippen molar-refractivity contribution in [1.29, 1.82) is 0 Å². The lowest BCUT2D eigenvalue weighted by Gasteiger charge is -2.46. The second-order valence-corrected chi connectivity index (χ2v) is 7.23. The molecule has 2 heterocycles. The van der Waals surface area contributed by atoms with Gasteiger partial charge in [-0.25, -0.2) is 0 Å². The highest BCUT2D eigenvalue weighted by Crippen LogP contribution is 2.37. The van der Waals surface area contributed by atoms with Crippen LogP contribution in [0.1, 0.15) is 44.9 Å². The van der Waals surface area contributed by atoms with Crippen LogP contribution in [0.15, 0.2) is 0 Å². The monoisotopic (exact) mass is 295 g/mol. The van der Waals surface area contributed by atoms with Gasteiger partial charge in [-0.1, -0.05) is 6.42 Å². The highest BCUT2D eigenvalue weighted by Gasteiger charge is 2.46. The van der Waals surface area contributed by atoms with Crippen LogP contribution in [0.5, 0.6) is 0 Å². The van der Waals surface area contributed by atoms with Gasteiger partial charge in [-0.15, -0.1) is 0 Å². The predicted octanol–water partition coefficient (Wildman–Crippen LogP) is 2.21. The summed E-state index contributed by atoms with van der Waals surface area (Å²) >= 11 is 0. The van der Waals surface area contributed by atoms with Gasteiger partial charge in [-0.05, 0) is 44.4 Å². The first-order valence-electron chi connectivity index (χ1n) is 8.98. The quantitative estimate of drug-likeness (QED) is 0.796. The van der Waals surface area contributed by atoms with Gasteiger partial charge in [0.15, 0.2) is 0 Å². The number of hydrogen-bond donors (Lipinski definition) is 0. The molecule has 0 amide bonds. The molecule has 4 nitrogen and oxygen atoms in total. The molecule has 4 fully saturated rings. The first-order chi connectivity index (χ1) is 10.4. The SMILES string of the molecule is C1CC(N2CCO[C@H]3[C@H](OCC4CCOCC4)CC[C@@H]32)C1. The van der Waals surface area contributed by atoms with E-state index in [2.05, 4.69) is 4.90 Å². The van der Waals surface area contributed by atoms with Gasteiger partial charge in [0.1, 0.15) is 0 Å². The zero-order valence-electron chi connectivity index (χ0n) is 13.0. The number of hydrogen-bond acceptors (Lipinski definition) is 4. The van der Waals surface area contributed by atoms with Gasteiger partial charge in [0.05, 0.1) is 25.4 Å². The van der Waals surface area contributed by atoms with E-state index in [0.29, 0.717) is 24.2 Å². The second kappa shape index (κ2) is 6.53. The fourth-order valence-corrected chi connectivity index (χ4v) is 4.47. The number of nitrogens with zero attached hydrogens (tertiary/aromatic N) is 1. The van der Waals surface area contributed by atoms with Crippen molar-refractivity contribution in [3.05, 3.63) is 0 Å². The highest BCUT2D eigenvalue weighted by molar-refractivity contribution is 4.99. The minimum absolute atomic E-state index is 0.333. The molecule has 0 radical (unpaired) electrons. The number of rotatable bonds is 4. The lowest BCUT2D eigenvalue weighted by Crippen LogP contribution is -2.57. The summed E-state index contributed by atoms with van der Waals surface area (Å²) in [5.41, 5.74) is 0. The molecule has 2 saturated heterocycles. The first kappa shape index (κ1) is 14.4. The Morgan fingerprint density at radius 3 is 2.57 bits per heavy atom. The molecule has 2 aliphatic carbocycles. The van der Waals surface area contributed by atoms with Gasteiger partial charge in [0.2, 0.25) is 0 Å². The summed E-state index contributed by atoms with van der Waals surface area (Å²) in [6.45, 7) is 4.77. The van der Waals surface area contributed by atoms with E-state index < -0.39 is 0 Å². The predicted molar refractivity (Wildman–Crippen MR) is 80.4 cm³/mol. The number of fused-ring (bicyclic) bond motifs is 1. The van der Waals surface area contributed by atoms with Gasteiger partial charge in [0, 0.05) is 31.8 Å². The van der Waals surface area contributed by atoms with Crippen molar-refractivity contribution < 1.29 is 14.2 Å². The molecule has 0 spiro atoms. The zero-order chi connectivity index (χ0) is 14.1. The molecule has 0 aromatic carbocycles. The Morgan fingerprint density at radius 2 is 1.81 bits per heavy atom. The van der Waals surface area contributed by atoms with E-state index in [9.17, 15) is 0 Å². The second-order valence-electron chi connectivity index (χ2n) is 7.23. The third kappa shape index (κ3) is 3.00. The Bertz CT molecular complexity index is 341. The van der Waals surface area contributed by atoms with Crippen molar-refractivity contribution >= 4 is 0 Å². The van der Waals surface area contributed by atoms with Crippen LogP contribution in [0, 0.1) is 5.92 Å². The van der Waals surface area contributed by atoms with E-state index in [4.69, 9.17) is 14.2 Å². The molecular weight excluding hydrogens is 266 g/mol. The van der Waals surface area contributed by atoms with Gasteiger partial charge < -0.3 is 14.2 Å². The molecule has 120 valence electrons. The largest absolute Gasteiger partial charge is 0.381 e. The average molecular weight is 295 g/mol. The van der Waals surface area contributed by atoms with Crippen molar-refractivity contribution in [2.45, 2.75) is 69.2 Å². The molecule has 3 atom stereocenters. The maximum Gasteiger partial charge on any atom is 0.0992 e. The highest BCUT2D eigenvalue weighted by atomic mass is 16.5. The normalized spacial score (nSPS) is 39.1. The summed E-state index contributed by atoms with van der Waals surface area (Å²) in [6.07, 6.45) is 9.66. The van der Waals surface area contributed by atoms with Crippen LogP contribution in [0.3, 0.4) is 0 Å². The first-order valence-corrected chi connectivity index (χ1v) is 8.98. The van der Waals surface area contributed by atoms with E-state index >= 15 is 0 Å². The van der Waals surface area contributed by atoms with Crippen molar-refractivity contribution in [3.8, 4) is 0 Å². The third-order valence-electron chi connectivity index (χ3n) is 6.01. The van der Waals surface area contributed by atoms with Gasteiger partial charge >= 0.3 is 0 Å². The standard InChI is InChI=1S/C17H29NO3/c1-2-14(3-1)18-8-11-20-17-15(18)4-5-16(17)21-12-13-6-9-19-10-7-13/h13-17H,1-12H2/t15-,16+,17+/m0/s1. The summed E-state index contributed by atoms with van der Waals surface area (Å²) in [6, 6.07) is 1.47. The Kier molecular flexibility index (Phi) is 4.49. The average Bonchev–Trinajstić information content (AvgIpc) is 2.89. The van der Waals surface area contributed by atoms with Gasteiger partial charge in [-0.3, -0.25) is 4.90 Å².